The largest absolute Gasteiger partial charge is 0.343 e. The van der Waals surface area contributed by atoms with Crippen LogP contribution in [0.4, 0.5) is 8.78 Å². The lowest BCUT2D eigenvalue weighted by Crippen LogP contribution is -2.33. The summed E-state index contributed by atoms with van der Waals surface area (Å²) < 4.78 is 26.0. The van der Waals surface area contributed by atoms with Crippen molar-refractivity contribution >= 4 is 46.6 Å². The van der Waals surface area contributed by atoms with Gasteiger partial charge >= 0.3 is 0 Å². The number of amides is 2. The Balaban J connectivity index is 0.000000178. The van der Waals surface area contributed by atoms with Crippen LogP contribution in [0.15, 0.2) is 12.4 Å². The number of nitrogens with two attached hydrogens (primary N) is 1. The Morgan fingerprint density at radius 3 is 1.72 bits per heavy atom. The zero-order valence-electron chi connectivity index (χ0n) is 26.9. The second-order valence-corrected chi connectivity index (χ2v) is 14.2. The van der Waals surface area contributed by atoms with E-state index in [0.29, 0.717) is 54.1 Å². The summed E-state index contributed by atoms with van der Waals surface area (Å²) in [5, 5.41) is -0.214. The lowest BCUT2D eigenvalue weighted by Gasteiger charge is -2.29. The molecule has 2 aliphatic carbocycles. The summed E-state index contributed by atoms with van der Waals surface area (Å²) in [6.07, 6.45) is 17.5. The average molecular weight is 717 g/mol. The van der Waals surface area contributed by atoms with Gasteiger partial charge in [0.15, 0.2) is 16.8 Å². The summed E-state index contributed by atoms with van der Waals surface area (Å²) >= 11 is 16.2. The number of carbonyl (C=O) groups excluding carboxylic acids is 2. The normalized spacial score (nSPS) is 24.2. The molecule has 2 aromatic heterocycles. The molecule has 4 aliphatic rings. The third-order valence-electron chi connectivity index (χ3n) is 9.50. The first-order chi connectivity index (χ1) is 22.6. The van der Waals surface area contributed by atoms with Crippen molar-refractivity contribution in [3.63, 3.8) is 0 Å². The quantitative estimate of drug-likeness (QED) is 0.251. The van der Waals surface area contributed by atoms with E-state index < -0.39 is 5.82 Å². The molecule has 4 atom stereocenters. The summed E-state index contributed by atoms with van der Waals surface area (Å²) in [6.45, 7) is 3.80. The molecule has 0 unspecified atom stereocenters. The number of rotatable bonds is 6. The second-order valence-electron chi connectivity index (χ2n) is 13.2. The maximum absolute atomic E-state index is 13.8. The Morgan fingerprint density at radius 1 is 0.702 bits per heavy atom. The van der Waals surface area contributed by atoms with Crippen LogP contribution in [-0.2, 0) is 16.0 Å². The summed E-state index contributed by atoms with van der Waals surface area (Å²) in [7, 11) is 0. The second kappa shape index (κ2) is 19.1. The van der Waals surface area contributed by atoms with Gasteiger partial charge in [-0.05, 0) is 105 Å². The molecule has 4 heterocycles. The van der Waals surface area contributed by atoms with Crippen molar-refractivity contribution in [3.8, 4) is 0 Å². The van der Waals surface area contributed by atoms with Crippen LogP contribution in [0.1, 0.15) is 95.6 Å². The first-order valence-electron chi connectivity index (χ1n) is 16.9. The number of aromatic nitrogens is 4. The molecule has 0 spiro atoms. The van der Waals surface area contributed by atoms with E-state index in [1.54, 1.807) is 0 Å². The van der Waals surface area contributed by atoms with Gasteiger partial charge in [0, 0.05) is 45.1 Å². The van der Waals surface area contributed by atoms with Crippen molar-refractivity contribution in [2.75, 3.05) is 26.2 Å². The van der Waals surface area contributed by atoms with E-state index >= 15 is 0 Å². The molecule has 2 N–H and O–H groups in total. The fraction of sp³-hybridized carbons (Fsp3) is 0.697. The van der Waals surface area contributed by atoms with Crippen LogP contribution < -0.4 is 5.73 Å². The minimum absolute atomic E-state index is 0.0543. The smallest absolute Gasteiger partial charge is 0.223 e. The van der Waals surface area contributed by atoms with E-state index in [2.05, 4.69) is 19.9 Å². The van der Waals surface area contributed by atoms with E-state index in [4.69, 9.17) is 40.5 Å². The number of hydrogen-bond donors (Lipinski definition) is 1. The predicted molar refractivity (Wildman–Crippen MR) is 179 cm³/mol. The van der Waals surface area contributed by atoms with Gasteiger partial charge in [-0.1, -0.05) is 30.9 Å². The van der Waals surface area contributed by atoms with Crippen LogP contribution in [0.2, 0.25) is 15.7 Å². The minimum Gasteiger partial charge on any atom is -0.343 e. The maximum Gasteiger partial charge on any atom is 0.223 e. The molecule has 47 heavy (non-hydrogen) atoms. The Kier molecular flexibility index (Phi) is 15.3. The molecule has 6 rings (SSSR count). The number of hydrogen-bond acceptors (Lipinski definition) is 7. The van der Waals surface area contributed by atoms with Crippen molar-refractivity contribution in [2.24, 2.45) is 23.5 Å². The summed E-state index contributed by atoms with van der Waals surface area (Å²) in [5.74, 6) is 0.964. The molecule has 2 aliphatic heterocycles. The lowest BCUT2D eigenvalue weighted by molar-refractivity contribution is -0.132. The van der Waals surface area contributed by atoms with Gasteiger partial charge in [0.2, 0.25) is 22.4 Å². The molecule has 4 fully saturated rings. The zero-order chi connectivity index (χ0) is 33.8. The Bertz CT molecular complexity index is 1310. The maximum atomic E-state index is 13.8. The van der Waals surface area contributed by atoms with Crippen molar-refractivity contribution in [1.29, 1.82) is 0 Å². The Morgan fingerprint density at radius 2 is 1.19 bits per heavy atom. The zero-order valence-corrected chi connectivity index (χ0v) is 29.1. The van der Waals surface area contributed by atoms with E-state index in [-0.39, 0.29) is 21.5 Å². The fourth-order valence-electron chi connectivity index (χ4n) is 7.10. The van der Waals surface area contributed by atoms with Crippen molar-refractivity contribution in [1.82, 2.24) is 29.7 Å². The highest BCUT2D eigenvalue weighted by molar-refractivity contribution is 6.31. The molecule has 2 aromatic rings. The van der Waals surface area contributed by atoms with Gasteiger partial charge in [0.05, 0.1) is 18.1 Å². The van der Waals surface area contributed by atoms with Gasteiger partial charge in [-0.3, -0.25) is 9.59 Å². The molecule has 0 radical (unpaired) electrons. The van der Waals surface area contributed by atoms with E-state index in [0.717, 1.165) is 96.4 Å². The Labute approximate surface area is 291 Å². The van der Waals surface area contributed by atoms with Gasteiger partial charge in [-0.25, -0.2) is 28.7 Å². The van der Waals surface area contributed by atoms with Crippen LogP contribution in [0.25, 0.3) is 0 Å². The van der Waals surface area contributed by atoms with Gasteiger partial charge < -0.3 is 15.5 Å². The highest BCUT2D eigenvalue weighted by atomic mass is 35.5. The van der Waals surface area contributed by atoms with Gasteiger partial charge in [0.25, 0.3) is 0 Å². The Hall–Kier alpha value is -2.21. The summed E-state index contributed by atoms with van der Waals surface area (Å²) in [6, 6.07) is 0.343. The molecule has 260 valence electrons. The standard InChI is InChI=1S/C17H23ClFN3O.C12H22N2O.C4HCl2FN2/c18-17-20-11-14(19)15(21-17)9-12-4-3-5-13(8-12)10-16(23)22-6-1-2-7-22;13-11-5-3-4-10(8-11)9-12(15)14-6-1-2-7-14;5-3-2(7)1-8-4(6)9-3/h11-13H,1-10H2;10-11H,1-9,13H2;1H/t12-,13+;10-,11+;/m01./s1. The average Bonchev–Trinajstić information content (AvgIpc) is 3.78. The molecule has 2 saturated carbocycles. The molecule has 14 heteroatoms. The molecular formula is C33H46Cl3F2N7O2. The molecular weight excluding hydrogens is 671 g/mol. The monoisotopic (exact) mass is 715 g/mol. The summed E-state index contributed by atoms with van der Waals surface area (Å²) in [5.41, 5.74) is 6.33. The third kappa shape index (κ3) is 12.6. The van der Waals surface area contributed by atoms with Crippen LogP contribution in [0.3, 0.4) is 0 Å². The molecule has 2 saturated heterocycles. The number of nitrogens with zero attached hydrogens (tertiary/aromatic N) is 6. The predicted octanol–water partition coefficient (Wildman–Crippen LogP) is 7.07. The van der Waals surface area contributed by atoms with Crippen molar-refractivity contribution < 1.29 is 18.4 Å². The number of carbonyl (C=O) groups is 2. The number of halogens is 5. The topological polar surface area (TPSA) is 118 Å². The fourth-order valence-corrected chi connectivity index (χ4v) is 7.55. The first-order valence-corrected chi connectivity index (χ1v) is 18.0. The third-order valence-corrected chi connectivity index (χ3v) is 10.1. The first kappa shape index (κ1) is 37.6. The highest BCUT2D eigenvalue weighted by Crippen LogP contribution is 2.34. The van der Waals surface area contributed by atoms with Crippen LogP contribution in [0, 0.1) is 29.4 Å². The van der Waals surface area contributed by atoms with E-state index in [1.807, 2.05) is 9.80 Å². The molecule has 0 bridgehead atoms. The SMILES string of the molecule is Fc1cnc(Cl)nc1Cl.N[C@H]1CCC[C@@H](CC(=O)N2CCCC2)C1.O=C(C[C@@H]1CCC[C@H](Cc2nc(Cl)ncc2F)C1)N1CCCC1. The van der Waals surface area contributed by atoms with Crippen LogP contribution >= 0.6 is 34.8 Å². The van der Waals surface area contributed by atoms with Gasteiger partial charge in [0.1, 0.15) is 0 Å². The lowest BCUT2D eigenvalue weighted by atomic mass is 9.78. The van der Waals surface area contributed by atoms with Gasteiger partial charge in [-0.15, -0.1) is 0 Å². The van der Waals surface area contributed by atoms with E-state index in [1.165, 1.54) is 25.7 Å². The number of likely N-dealkylation sites (tertiary alicyclic amines) is 2. The molecule has 0 aromatic carbocycles. The molecule has 2 amide bonds. The minimum atomic E-state index is -0.666. The summed E-state index contributed by atoms with van der Waals surface area (Å²) in [4.78, 5) is 42.6. The van der Waals surface area contributed by atoms with E-state index in [9.17, 15) is 18.4 Å². The van der Waals surface area contributed by atoms with Crippen LogP contribution in [0.5, 0.6) is 0 Å². The van der Waals surface area contributed by atoms with Gasteiger partial charge in [-0.2, -0.15) is 0 Å². The van der Waals surface area contributed by atoms with Crippen molar-refractivity contribution in [3.05, 3.63) is 45.4 Å². The van der Waals surface area contributed by atoms with Crippen LogP contribution in [-0.4, -0.2) is 73.8 Å². The van der Waals surface area contributed by atoms with Crippen molar-refractivity contribution in [2.45, 2.75) is 102 Å². The highest BCUT2D eigenvalue weighted by Gasteiger charge is 2.28. The molecule has 9 nitrogen and oxygen atoms in total.